The Kier molecular flexibility index (Phi) is 5.63. The van der Waals surface area contributed by atoms with Crippen molar-refractivity contribution in [1.29, 1.82) is 0 Å². The predicted octanol–water partition coefficient (Wildman–Crippen LogP) is 2.51. The molecule has 0 unspecified atom stereocenters. The summed E-state index contributed by atoms with van der Waals surface area (Å²) in [6.45, 7) is 9.84. The Balaban J connectivity index is 1.71. The second-order valence-electron chi connectivity index (χ2n) is 8.09. The summed E-state index contributed by atoms with van der Waals surface area (Å²) in [6.07, 6.45) is 0.813. The number of aryl methyl sites for hydroxylation is 2. The van der Waals surface area contributed by atoms with Crippen LogP contribution in [-0.4, -0.2) is 52.9 Å². The second-order valence-corrected chi connectivity index (χ2v) is 9.06. The van der Waals surface area contributed by atoms with Gasteiger partial charge in [0.15, 0.2) is 0 Å². The maximum atomic E-state index is 12.8. The molecule has 0 aliphatic carbocycles. The Morgan fingerprint density at radius 1 is 1.36 bits per heavy atom. The van der Waals surface area contributed by atoms with Gasteiger partial charge in [-0.05, 0) is 39.7 Å². The molecule has 2 aromatic rings. The number of hydrogen-bond acceptors (Lipinski definition) is 6. The molecule has 152 valence electrons. The number of nitrogens with one attached hydrogen (secondary N) is 1. The predicted molar refractivity (Wildman–Crippen MR) is 108 cm³/mol. The van der Waals surface area contributed by atoms with Gasteiger partial charge in [-0.3, -0.25) is 14.5 Å². The van der Waals surface area contributed by atoms with E-state index in [2.05, 4.69) is 15.4 Å². The van der Waals surface area contributed by atoms with Gasteiger partial charge in [-0.2, -0.15) is 0 Å². The van der Waals surface area contributed by atoms with E-state index in [-0.39, 0.29) is 11.8 Å². The molecule has 0 radical (unpaired) electrons. The van der Waals surface area contributed by atoms with E-state index in [9.17, 15) is 9.59 Å². The lowest BCUT2D eigenvalue weighted by Crippen LogP contribution is -2.54. The van der Waals surface area contributed by atoms with Crippen LogP contribution in [0.1, 0.15) is 51.7 Å². The minimum absolute atomic E-state index is 0.129. The molecule has 8 heteroatoms. The third-order valence-electron chi connectivity index (χ3n) is 5.20. The van der Waals surface area contributed by atoms with Crippen LogP contribution >= 0.6 is 11.3 Å². The summed E-state index contributed by atoms with van der Waals surface area (Å²) in [6, 6.07) is 0. The van der Waals surface area contributed by atoms with E-state index in [1.54, 1.807) is 39.3 Å². The fraction of sp³-hybridized carbons (Fsp3) is 0.550. The van der Waals surface area contributed by atoms with Gasteiger partial charge in [0.05, 0.1) is 11.3 Å². The molecule has 1 aliphatic heterocycles. The number of thiophene rings is 1. The molecule has 1 N–H and O–H groups in total. The van der Waals surface area contributed by atoms with Gasteiger partial charge >= 0.3 is 0 Å². The summed E-state index contributed by atoms with van der Waals surface area (Å²) >= 11 is 1.61. The zero-order chi connectivity index (χ0) is 20.6. The van der Waals surface area contributed by atoms with E-state index in [1.165, 1.54) is 9.78 Å². The van der Waals surface area contributed by atoms with Crippen LogP contribution in [0.3, 0.4) is 0 Å². The van der Waals surface area contributed by atoms with E-state index >= 15 is 0 Å². The molecule has 2 aromatic heterocycles. The van der Waals surface area contributed by atoms with Crippen LogP contribution in [-0.2, 0) is 24.3 Å². The van der Waals surface area contributed by atoms with E-state index in [4.69, 9.17) is 4.52 Å². The summed E-state index contributed by atoms with van der Waals surface area (Å²) in [5.41, 5.74) is 2.92. The summed E-state index contributed by atoms with van der Waals surface area (Å²) in [5.74, 6) is 0.551. The lowest BCUT2D eigenvalue weighted by atomic mass is 9.99. The van der Waals surface area contributed by atoms with Crippen LogP contribution in [0.2, 0.25) is 0 Å². The van der Waals surface area contributed by atoms with Gasteiger partial charge < -0.3 is 14.7 Å². The molecule has 28 heavy (non-hydrogen) atoms. The number of carbonyl (C=O) groups excluding carboxylic acids is 2. The average Bonchev–Trinajstić information content (AvgIpc) is 3.18. The number of likely N-dealkylation sites (N-methyl/N-ethyl adjacent to an activating group) is 1. The first-order valence-corrected chi connectivity index (χ1v) is 10.3. The molecule has 1 aliphatic rings. The Morgan fingerprint density at radius 2 is 2.07 bits per heavy atom. The van der Waals surface area contributed by atoms with Crippen molar-refractivity contribution < 1.29 is 14.1 Å². The molecular formula is C20H28N4O3S. The third-order valence-corrected chi connectivity index (χ3v) is 6.21. The number of aromatic nitrogens is 1. The van der Waals surface area contributed by atoms with Crippen molar-refractivity contribution in [3.8, 4) is 0 Å². The summed E-state index contributed by atoms with van der Waals surface area (Å²) in [7, 11) is 3.38. The van der Waals surface area contributed by atoms with Crippen molar-refractivity contribution in [2.45, 2.75) is 52.7 Å². The Morgan fingerprint density at radius 3 is 2.68 bits per heavy atom. The maximum Gasteiger partial charge on any atom is 0.253 e. The first-order chi connectivity index (χ1) is 13.1. The molecule has 0 atom stereocenters. The third kappa shape index (κ3) is 3.98. The maximum absolute atomic E-state index is 12.8. The lowest BCUT2D eigenvalue weighted by Gasteiger charge is -2.29. The number of rotatable bonds is 5. The highest BCUT2D eigenvalue weighted by molar-refractivity contribution is 7.10. The largest absolute Gasteiger partial charge is 0.361 e. The molecule has 3 rings (SSSR count). The monoisotopic (exact) mass is 404 g/mol. The molecule has 0 spiro atoms. The van der Waals surface area contributed by atoms with Crippen molar-refractivity contribution >= 4 is 23.2 Å². The smallest absolute Gasteiger partial charge is 0.253 e. The SMILES string of the molecule is Cc1noc(C)c1CN1CCc2c(C(=O)NC(C)(C)C(=O)N(C)C)csc2C1. The fourth-order valence-corrected chi connectivity index (χ4v) is 4.74. The Hall–Kier alpha value is -2.19. The minimum Gasteiger partial charge on any atom is -0.361 e. The molecule has 3 heterocycles. The number of carbonyl (C=O) groups is 2. The number of fused-ring (bicyclic) bond motifs is 1. The standard InChI is InChI=1S/C20H28N4O3S/c1-12-15(13(2)27-22-12)9-24-8-7-14-16(11-28-17(14)10-24)18(25)21-20(3,4)19(26)23(5)6/h11H,7-10H2,1-6H3,(H,21,25). The Bertz CT molecular complexity index is 878. The number of hydrogen-bond donors (Lipinski definition) is 1. The van der Waals surface area contributed by atoms with Crippen LogP contribution < -0.4 is 5.32 Å². The number of amides is 2. The zero-order valence-electron chi connectivity index (χ0n) is 17.4. The molecule has 0 saturated heterocycles. The molecule has 0 bridgehead atoms. The number of nitrogens with zero attached hydrogens (tertiary/aromatic N) is 3. The minimum atomic E-state index is -0.945. The highest BCUT2D eigenvalue weighted by atomic mass is 32.1. The highest BCUT2D eigenvalue weighted by Gasteiger charge is 2.33. The van der Waals surface area contributed by atoms with Crippen LogP contribution in [0, 0.1) is 13.8 Å². The summed E-state index contributed by atoms with van der Waals surface area (Å²) in [5, 5.41) is 8.84. The summed E-state index contributed by atoms with van der Waals surface area (Å²) < 4.78 is 5.27. The van der Waals surface area contributed by atoms with E-state index < -0.39 is 5.54 Å². The highest BCUT2D eigenvalue weighted by Crippen LogP contribution is 2.30. The van der Waals surface area contributed by atoms with Crippen LogP contribution in [0.15, 0.2) is 9.90 Å². The normalized spacial score (nSPS) is 14.6. The van der Waals surface area contributed by atoms with Gasteiger partial charge in [-0.1, -0.05) is 5.16 Å². The summed E-state index contributed by atoms with van der Waals surface area (Å²) in [4.78, 5) is 30.2. The molecule has 0 fully saturated rings. The quantitative estimate of drug-likeness (QED) is 0.828. The van der Waals surface area contributed by atoms with Crippen molar-refractivity contribution in [3.63, 3.8) is 0 Å². The van der Waals surface area contributed by atoms with E-state index in [0.29, 0.717) is 5.56 Å². The van der Waals surface area contributed by atoms with Gasteiger partial charge in [0, 0.05) is 49.6 Å². The first kappa shape index (κ1) is 20.5. The van der Waals surface area contributed by atoms with Crippen molar-refractivity contribution in [3.05, 3.63) is 38.4 Å². The van der Waals surface area contributed by atoms with Gasteiger partial charge in [0.25, 0.3) is 5.91 Å². The van der Waals surface area contributed by atoms with Gasteiger partial charge in [-0.15, -0.1) is 11.3 Å². The van der Waals surface area contributed by atoms with Gasteiger partial charge in [0.2, 0.25) is 5.91 Å². The van der Waals surface area contributed by atoms with Crippen molar-refractivity contribution in [2.24, 2.45) is 0 Å². The zero-order valence-corrected chi connectivity index (χ0v) is 18.2. The van der Waals surface area contributed by atoms with Crippen molar-refractivity contribution in [2.75, 3.05) is 20.6 Å². The topological polar surface area (TPSA) is 78.7 Å². The van der Waals surface area contributed by atoms with Crippen LogP contribution in [0.5, 0.6) is 0 Å². The average molecular weight is 405 g/mol. The molecular weight excluding hydrogens is 376 g/mol. The first-order valence-electron chi connectivity index (χ1n) is 9.37. The fourth-order valence-electron chi connectivity index (χ4n) is 3.62. The lowest BCUT2D eigenvalue weighted by molar-refractivity contribution is -0.134. The van der Waals surface area contributed by atoms with Crippen molar-refractivity contribution in [1.82, 2.24) is 20.3 Å². The van der Waals surface area contributed by atoms with Gasteiger partial charge in [0.1, 0.15) is 11.3 Å². The van der Waals surface area contributed by atoms with Crippen LogP contribution in [0.25, 0.3) is 0 Å². The molecule has 0 saturated carbocycles. The van der Waals surface area contributed by atoms with E-state index in [1.807, 2.05) is 19.2 Å². The molecule has 2 amide bonds. The van der Waals surface area contributed by atoms with Crippen LogP contribution in [0.4, 0.5) is 0 Å². The van der Waals surface area contributed by atoms with E-state index in [0.717, 1.165) is 48.6 Å². The van der Waals surface area contributed by atoms with Gasteiger partial charge in [-0.25, -0.2) is 0 Å². The Labute approximate surface area is 169 Å². The molecule has 7 nitrogen and oxygen atoms in total. The second kappa shape index (κ2) is 7.67. The molecule has 0 aromatic carbocycles.